The molecule has 0 bridgehead atoms. The number of aromatic nitrogens is 3. The van der Waals surface area contributed by atoms with Crippen molar-refractivity contribution in [2.24, 2.45) is 0 Å². The molecule has 2 rings (SSSR count). The molecule has 2 heterocycles. The Bertz CT molecular complexity index is 415. The van der Waals surface area contributed by atoms with Crippen LogP contribution in [-0.4, -0.2) is 20.1 Å². The number of aliphatic hydroxyl groups excluding tert-OH is 1. The first kappa shape index (κ1) is 9.23. The summed E-state index contributed by atoms with van der Waals surface area (Å²) in [5.74, 6) is 0. The van der Waals surface area contributed by atoms with Gasteiger partial charge in [-0.05, 0) is 6.92 Å². The molecule has 0 aliphatic heterocycles. The lowest BCUT2D eigenvalue weighted by atomic mass is 10.2. The van der Waals surface area contributed by atoms with Gasteiger partial charge < -0.3 is 5.11 Å². The molecule has 0 aliphatic carbocycles. The summed E-state index contributed by atoms with van der Waals surface area (Å²) in [6.45, 7) is 1.87. The Balaban J connectivity index is 2.34. The molecule has 4 nitrogen and oxygen atoms in total. The van der Waals surface area contributed by atoms with Gasteiger partial charge >= 0.3 is 0 Å². The highest BCUT2D eigenvalue weighted by Crippen LogP contribution is 2.25. The maximum atomic E-state index is 9.93. The standard InChI is InChI=1S/C9H9N3OS/c1-6-9(14-5-12-6)8(13)7-4-10-2-3-11-7/h2-5,8,13H,1H3. The Hall–Kier alpha value is -1.33. The van der Waals surface area contributed by atoms with Crippen molar-refractivity contribution in [3.8, 4) is 0 Å². The van der Waals surface area contributed by atoms with E-state index < -0.39 is 6.10 Å². The molecule has 0 saturated heterocycles. The lowest BCUT2D eigenvalue weighted by molar-refractivity contribution is 0.217. The molecular weight excluding hydrogens is 198 g/mol. The largest absolute Gasteiger partial charge is 0.381 e. The fourth-order valence-electron chi connectivity index (χ4n) is 1.16. The smallest absolute Gasteiger partial charge is 0.133 e. The average molecular weight is 207 g/mol. The summed E-state index contributed by atoms with van der Waals surface area (Å²) in [6.07, 6.45) is 3.99. The summed E-state index contributed by atoms with van der Waals surface area (Å²) < 4.78 is 0. The maximum absolute atomic E-state index is 9.93. The van der Waals surface area contributed by atoms with Gasteiger partial charge in [-0.25, -0.2) is 4.98 Å². The highest BCUT2D eigenvalue weighted by molar-refractivity contribution is 7.09. The molecule has 0 aromatic carbocycles. The molecule has 1 atom stereocenters. The van der Waals surface area contributed by atoms with E-state index in [0.717, 1.165) is 10.6 Å². The van der Waals surface area contributed by atoms with E-state index in [1.807, 2.05) is 6.92 Å². The predicted octanol–water partition coefficient (Wildman–Crippen LogP) is 1.32. The monoisotopic (exact) mass is 207 g/mol. The number of rotatable bonds is 2. The second-order valence-corrected chi connectivity index (χ2v) is 3.72. The van der Waals surface area contributed by atoms with Gasteiger partial charge in [-0.2, -0.15) is 0 Å². The van der Waals surface area contributed by atoms with Gasteiger partial charge in [0.1, 0.15) is 6.10 Å². The van der Waals surface area contributed by atoms with Gasteiger partial charge in [0.2, 0.25) is 0 Å². The highest BCUT2D eigenvalue weighted by Gasteiger charge is 2.16. The molecule has 1 unspecified atom stereocenters. The molecule has 14 heavy (non-hydrogen) atoms. The van der Waals surface area contributed by atoms with Crippen molar-refractivity contribution in [1.29, 1.82) is 0 Å². The zero-order valence-electron chi connectivity index (χ0n) is 7.58. The van der Waals surface area contributed by atoms with Crippen LogP contribution in [0.15, 0.2) is 24.1 Å². The predicted molar refractivity (Wildman–Crippen MR) is 52.9 cm³/mol. The number of aliphatic hydroxyl groups is 1. The summed E-state index contributed by atoms with van der Waals surface area (Å²) in [5.41, 5.74) is 3.11. The zero-order valence-corrected chi connectivity index (χ0v) is 8.40. The van der Waals surface area contributed by atoms with Crippen molar-refractivity contribution in [3.63, 3.8) is 0 Å². The van der Waals surface area contributed by atoms with E-state index in [2.05, 4.69) is 15.0 Å². The van der Waals surface area contributed by atoms with E-state index in [-0.39, 0.29) is 0 Å². The van der Waals surface area contributed by atoms with Crippen molar-refractivity contribution in [3.05, 3.63) is 40.4 Å². The van der Waals surface area contributed by atoms with E-state index in [9.17, 15) is 5.11 Å². The first-order chi connectivity index (χ1) is 6.79. The number of nitrogens with zero attached hydrogens (tertiary/aromatic N) is 3. The van der Waals surface area contributed by atoms with E-state index in [1.165, 1.54) is 11.3 Å². The Kier molecular flexibility index (Phi) is 2.51. The summed E-state index contributed by atoms with van der Waals surface area (Å²) in [7, 11) is 0. The minimum absolute atomic E-state index is 0.555. The van der Waals surface area contributed by atoms with Crippen LogP contribution in [0.4, 0.5) is 0 Å². The van der Waals surface area contributed by atoms with Crippen LogP contribution in [0.25, 0.3) is 0 Å². The SMILES string of the molecule is Cc1ncsc1C(O)c1cnccn1. The summed E-state index contributed by atoms with van der Waals surface area (Å²) in [6, 6.07) is 0. The summed E-state index contributed by atoms with van der Waals surface area (Å²) >= 11 is 1.42. The quantitative estimate of drug-likeness (QED) is 0.807. The Morgan fingerprint density at radius 2 is 2.21 bits per heavy atom. The molecule has 0 amide bonds. The van der Waals surface area contributed by atoms with Crippen LogP contribution in [-0.2, 0) is 0 Å². The van der Waals surface area contributed by atoms with Gasteiger partial charge in [-0.3, -0.25) is 9.97 Å². The molecule has 0 radical (unpaired) electrons. The summed E-state index contributed by atoms with van der Waals surface area (Å²) in [5, 5.41) is 9.93. The van der Waals surface area contributed by atoms with Gasteiger partial charge in [0.25, 0.3) is 0 Å². The van der Waals surface area contributed by atoms with E-state index in [4.69, 9.17) is 0 Å². The molecule has 0 fully saturated rings. The molecule has 0 spiro atoms. The van der Waals surface area contributed by atoms with Gasteiger partial charge in [0.05, 0.1) is 28.0 Å². The second kappa shape index (κ2) is 3.81. The van der Waals surface area contributed by atoms with Gasteiger partial charge in [0, 0.05) is 12.4 Å². The average Bonchev–Trinajstić information content (AvgIpc) is 2.65. The molecule has 5 heteroatoms. The first-order valence-electron chi connectivity index (χ1n) is 4.13. The molecular formula is C9H9N3OS. The van der Waals surface area contributed by atoms with E-state index in [0.29, 0.717) is 5.69 Å². The van der Waals surface area contributed by atoms with Gasteiger partial charge in [0.15, 0.2) is 0 Å². The van der Waals surface area contributed by atoms with Gasteiger partial charge in [-0.1, -0.05) is 0 Å². The van der Waals surface area contributed by atoms with Crippen molar-refractivity contribution in [1.82, 2.24) is 15.0 Å². The Morgan fingerprint density at radius 3 is 2.79 bits per heavy atom. The van der Waals surface area contributed by atoms with Crippen molar-refractivity contribution in [2.75, 3.05) is 0 Å². The second-order valence-electron chi connectivity index (χ2n) is 2.83. The minimum Gasteiger partial charge on any atom is -0.381 e. The fraction of sp³-hybridized carbons (Fsp3) is 0.222. The normalized spacial score (nSPS) is 12.7. The van der Waals surface area contributed by atoms with Crippen molar-refractivity contribution in [2.45, 2.75) is 13.0 Å². The Labute approximate surface area is 85.3 Å². The topological polar surface area (TPSA) is 58.9 Å². The zero-order chi connectivity index (χ0) is 9.97. The number of hydrogen-bond donors (Lipinski definition) is 1. The Morgan fingerprint density at radius 1 is 1.36 bits per heavy atom. The van der Waals surface area contributed by atoms with Crippen LogP contribution < -0.4 is 0 Å². The van der Waals surface area contributed by atoms with E-state index in [1.54, 1.807) is 24.1 Å². The van der Waals surface area contributed by atoms with E-state index >= 15 is 0 Å². The van der Waals surface area contributed by atoms with Crippen molar-refractivity contribution < 1.29 is 5.11 Å². The molecule has 2 aromatic rings. The fourth-order valence-corrected chi connectivity index (χ4v) is 1.96. The minimum atomic E-state index is -0.712. The van der Waals surface area contributed by atoms with Crippen LogP contribution in [0.2, 0.25) is 0 Å². The van der Waals surface area contributed by atoms with Crippen molar-refractivity contribution >= 4 is 11.3 Å². The maximum Gasteiger partial charge on any atom is 0.133 e. The lowest BCUT2D eigenvalue weighted by Crippen LogP contribution is -2.02. The van der Waals surface area contributed by atoms with Crippen LogP contribution in [0.1, 0.15) is 22.4 Å². The third kappa shape index (κ3) is 1.64. The van der Waals surface area contributed by atoms with Crippen LogP contribution in [0.3, 0.4) is 0 Å². The van der Waals surface area contributed by atoms with Gasteiger partial charge in [-0.15, -0.1) is 11.3 Å². The molecule has 1 N–H and O–H groups in total. The van der Waals surface area contributed by atoms with Crippen LogP contribution >= 0.6 is 11.3 Å². The third-order valence-corrected chi connectivity index (χ3v) is 2.88. The number of aryl methyl sites for hydroxylation is 1. The molecule has 72 valence electrons. The molecule has 0 aliphatic rings. The number of thiazole rings is 1. The third-order valence-electron chi connectivity index (χ3n) is 1.89. The lowest BCUT2D eigenvalue weighted by Gasteiger charge is -2.07. The number of hydrogen-bond acceptors (Lipinski definition) is 5. The van der Waals surface area contributed by atoms with Crippen LogP contribution in [0.5, 0.6) is 0 Å². The molecule has 0 saturated carbocycles. The molecule has 2 aromatic heterocycles. The highest BCUT2D eigenvalue weighted by atomic mass is 32.1. The first-order valence-corrected chi connectivity index (χ1v) is 5.01. The summed E-state index contributed by atoms with van der Waals surface area (Å²) in [4.78, 5) is 12.8. The van der Waals surface area contributed by atoms with Crippen LogP contribution in [0, 0.1) is 6.92 Å².